The van der Waals surface area contributed by atoms with Gasteiger partial charge in [0.2, 0.25) is 10.0 Å². The van der Waals surface area contributed by atoms with E-state index in [1.807, 2.05) is 0 Å². The summed E-state index contributed by atoms with van der Waals surface area (Å²) in [6.45, 7) is 4.43. The summed E-state index contributed by atoms with van der Waals surface area (Å²) in [7, 11) is -0.605. The molecule has 1 rings (SSSR count). The van der Waals surface area contributed by atoms with Crippen LogP contribution in [0.4, 0.5) is 0 Å². The molecule has 0 aliphatic rings. The summed E-state index contributed by atoms with van der Waals surface area (Å²) >= 11 is 0. The van der Waals surface area contributed by atoms with E-state index in [0.717, 1.165) is 0 Å². The molecule has 0 aromatic heterocycles. The van der Waals surface area contributed by atoms with Crippen molar-refractivity contribution in [2.45, 2.75) is 18.7 Å². The molecule has 1 aromatic rings. The Kier molecular flexibility index (Phi) is 4.98. The monoisotopic (exact) mass is 273 g/mol. The number of hydrogen-bond acceptors (Lipinski definition) is 4. The molecule has 0 bridgehead atoms. The second-order valence-electron chi connectivity index (χ2n) is 3.61. The zero-order valence-electron chi connectivity index (χ0n) is 11.1. The molecule has 0 N–H and O–H groups in total. The third-order valence-corrected chi connectivity index (χ3v) is 4.77. The molecule has 0 heterocycles. The highest BCUT2D eigenvalue weighted by molar-refractivity contribution is 7.89. The minimum atomic E-state index is -3.55. The molecule has 0 saturated heterocycles. The van der Waals surface area contributed by atoms with E-state index in [9.17, 15) is 8.42 Å². The van der Waals surface area contributed by atoms with E-state index in [-0.39, 0.29) is 4.90 Å². The lowest BCUT2D eigenvalue weighted by atomic mass is 10.3. The first kappa shape index (κ1) is 14.8. The fraction of sp³-hybridized carbons (Fsp3) is 0.500. The molecule has 0 aliphatic carbocycles. The topological polar surface area (TPSA) is 55.8 Å². The third-order valence-electron chi connectivity index (χ3n) is 2.69. The molecule has 0 unspecified atom stereocenters. The number of rotatable bonds is 6. The van der Waals surface area contributed by atoms with Gasteiger partial charge in [0.1, 0.15) is 16.4 Å². The van der Waals surface area contributed by atoms with Crippen LogP contribution < -0.4 is 9.47 Å². The Balaban J connectivity index is 3.37. The van der Waals surface area contributed by atoms with Crippen LogP contribution >= 0.6 is 0 Å². The first-order valence-corrected chi connectivity index (χ1v) is 7.17. The van der Waals surface area contributed by atoms with Gasteiger partial charge >= 0.3 is 0 Å². The normalized spacial score (nSPS) is 11.6. The van der Waals surface area contributed by atoms with Crippen LogP contribution in [0.2, 0.25) is 0 Å². The predicted molar refractivity (Wildman–Crippen MR) is 69.7 cm³/mol. The van der Waals surface area contributed by atoms with Gasteiger partial charge < -0.3 is 9.47 Å². The Bertz CT molecular complexity index is 495. The zero-order chi connectivity index (χ0) is 13.8. The van der Waals surface area contributed by atoms with E-state index in [2.05, 4.69) is 0 Å². The molecular formula is C12H19NO4S. The van der Waals surface area contributed by atoms with Crippen molar-refractivity contribution in [2.75, 3.05) is 27.3 Å². The van der Waals surface area contributed by atoms with E-state index in [4.69, 9.17) is 9.47 Å². The standard InChI is InChI=1S/C12H19NO4S/c1-5-13(6-2)18(14,15)12-9-10(16-3)7-8-11(12)17-4/h7-9H,5-6H2,1-4H3. The molecule has 0 amide bonds. The first-order chi connectivity index (χ1) is 8.51. The van der Waals surface area contributed by atoms with Gasteiger partial charge in [0, 0.05) is 19.2 Å². The molecular weight excluding hydrogens is 254 g/mol. The molecule has 18 heavy (non-hydrogen) atoms. The Labute approximate surface area is 108 Å². The maximum Gasteiger partial charge on any atom is 0.246 e. The Morgan fingerprint density at radius 1 is 1.11 bits per heavy atom. The summed E-state index contributed by atoms with van der Waals surface area (Å²) in [5.74, 6) is 0.809. The van der Waals surface area contributed by atoms with Crippen LogP contribution in [-0.2, 0) is 10.0 Å². The Morgan fingerprint density at radius 3 is 2.17 bits per heavy atom. The molecule has 5 nitrogen and oxygen atoms in total. The van der Waals surface area contributed by atoms with E-state index in [0.29, 0.717) is 24.6 Å². The van der Waals surface area contributed by atoms with Crippen molar-refractivity contribution >= 4 is 10.0 Å². The van der Waals surface area contributed by atoms with Gasteiger partial charge in [0.15, 0.2) is 0 Å². The minimum absolute atomic E-state index is 0.132. The maximum atomic E-state index is 12.4. The van der Waals surface area contributed by atoms with Crippen molar-refractivity contribution in [1.29, 1.82) is 0 Å². The van der Waals surface area contributed by atoms with Crippen LogP contribution in [0, 0.1) is 0 Å². The molecule has 0 spiro atoms. The Morgan fingerprint density at radius 2 is 1.72 bits per heavy atom. The summed E-state index contributed by atoms with van der Waals surface area (Å²) in [5.41, 5.74) is 0. The number of nitrogens with zero attached hydrogens (tertiary/aromatic N) is 1. The predicted octanol–water partition coefficient (Wildman–Crippen LogP) is 1.73. The van der Waals surface area contributed by atoms with Crippen LogP contribution in [0.15, 0.2) is 23.1 Å². The van der Waals surface area contributed by atoms with E-state index in [1.165, 1.54) is 24.6 Å². The van der Waals surface area contributed by atoms with Crippen molar-refractivity contribution in [2.24, 2.45) is 0 Å². The third kappa shape index (κ3) is 2.76. The van der Waals surface area contributed by atoms with Gasteiger partial charge in [-0.15, -0.1) is 0 Å². The highest BCUT2D eigenvalue weighted by Crippen LogP contribution is 2.30. The molecule has 0 fully saturated rings. The van der Waals surface area contributed by atoms with E-state index >= 15 is 0 Å². The number of methoxy groups -OCH3 is 2. The lowest BCUT2D eigenvalue weighted by Gasteiger charge is -2.20. The van der Waals surface area contributed by atoms with Gasteiger partial charge in [0.25, 0.3) is 0 Å². The molecule has 0 aliphatic heterocycles. The molecule has 102 valence electrons. The quantitative estimate of drug-likeness (QED) is 0.792. The fourth-order valence-corrected chi connectivity index (χ4v) is 3.32. The van der Waals surface area contributed by atoms with Gasteiger partial charge in [-0.25, -0.2) is 8.42 Å². The fourth-order valence-electron chi connectivity index (χ4n) is 1.69. The smallest absolute Gasteiger partial charge is 0.246 e. The molecule has 1 aromatic carbocycles. The molecule has 0 radical (unpaired) electrons. The van der Waals surface area contributed by atoms with Crippen LogP contribution in [0.5, 0.6) is 11.5 Å². The second kappa shape index (κ2) is 6.06. The van der Waals surface area contributed by atoms with Crippen molar-refractivity contribution in [3.05, 3.63) is 18.2 Å². The van der Waals surface area contributed by atoms with Crippen molar-refractivity contribution < 1.29 is 17.9 Å². The Hall–Kier alpha value is -1.27. The summed E-state index contributed by atoms with van der Waals surface area (Å²) in [5, 5.41) is 0. The van der Waals surface area contributed by atoms with E-state index in [1.54, 1.807) is 26.0 Å². The summed E-state index contributed by atoms with van der Waals surface area (Å²) in [6.07, 6.45) is 0. The van der Waals surface area contributed by atoms with Gasteiger partial charge in [-0.3, -0.25) is 0 Å². The van der Waals surface area contributed by atoms with Gasteiger partial charge in [-0.05, 0) is 12.1 Å². The van der Waals surface area contributed by atoms with Crippen molar-refractivity contribution in [3.8, 4) is 11.5 Å². The van der Waals surface area contributed by atoms with Crippen LogP contribution in [0.3, 0.4) is 0 Å². The summed E-state index contributed by atoms with van der Waals surface area (Å²) < 4.78 is 36.4. The number of hydrogen-bond donors (Lipinski definition) is 0. The van der Waals surface area contributed by atoms with Gasteiger partial charge in [-0.1, -0.05) is 13.8 Å². The van der Waals surface area contributed by atoms with Crippen molar-refractivity contribution in [1.82, 2.24) is 4.31 Å². The average molecular weight is 273 g/mol. The number of ether oxygens (including phenoxy) is 2. The van der Waals surface area contributed by atoms with E-state index < -0.39 is 10.0 Å². The molecule has 0 atom stereocenters. The zero-order valence-corrected chi connectivity index (χ0v) is 12.0. The SMILES string of the molecule is CCN(CC)S(=O)(=O)c1cc(OC)ccc1OC. The second-order valence-corrected chi connectivity index (χ2v) is 5.51. The minimum Gasteiger partial charge on any atom is -0.497 e. The lowest BCUT2D eigenvalue weighted by Crippen LogP contribution is -2.30. The highest BCUT2D eigenvalue weighted by atomic mass is 32.2. The van der Waals surface area contributed by atoms with Gasteiger partial charge in [-0.2, -0.15) is 4.31 Å². The average Bonchev–Trinajstić information content (AvgIpc) is 2.39. The maximum absolute atomic E-state index is 12.4. The van der Waals surface area contributed by atoms with Crippen LogP contribution in [0.1, 0.15) is 13.8 Å². The lowest BCUT2D eigenvalue weighted by molar-refractivity contribution is 0.386. The van der Waals surface area contributed by atoms with Crippen LogP contribution in [-0.4, -0.2) is 40.0 Å². The largest absolute Gasteiger partial charge is 0.497 e. The van der Waals surface area contributed by atoms with Crippen LogP contribution in [0.25, 0.3) is 0 Å². The summed E-state index contributed by atoms with van der Waals surface area (Å²) in [4.78, 5) is 0.132. The van der Waals surface area contributed by atoms with Crippen molar-refractivity contribution in [3.63, 3.8) is 0 Å². The first-order valence-electron chi connectivity index (χ1n) is 5.73. The number of benzene rings is 1. The summed E-state index contributed by atoms with van der Waals surface area (Å²) in [6, 6.07) is 4.74. The molecule has 6 heteroatoms. The molecule has 0 saturated carbocycles. The highest BCUT2D eigenvalue weighted by Gasteiger charge is 2.26. The van der Waals surface area contributed by atoms with Gasteiger partial charge in [0.05, 0.1) is 14.2 Å². The number of sulfonamides is 1.